The summed E-state index contributed by atoms with van der Waals surface area (Å²) in [5.74, 6) is 0.394. The lowest BCUT2D eigenvalue weighted by Gasteiger charge is -2.52. The number of H-pyrrole nitrogens is 1. The summed E-state index contributed by atoms with van der Waals surface area (Å²) in [6, 6.07) is 8.18. The molecule has 6 nitrogen and oxygen atoms in total. The SMILES string of the molecule is NC(=O)C1(N2CCCC3CC=CC=C32)CCN(C(=O)CCc2c[nH]c3ccccc23)CC1. The highest BCUT2D eigenvalue weighted by molar-refractivity contribution is 5.86. The number of carbonyl (C=O) groups excluding carboxylic acids is 2. The van der Waals surface area contributed by atoms with E-state index in [1.165, 1.54) is 23.1 Å². The Morgan fingerprint density at radius 1 is 1.16 bits per heavy atom. The number of rotatable bonds is 5. The minimum atomic E-state index is -0.677. The lowest BCUT2D eigenvalue weighted by molar-refractivity contribution is -0.140. The number of nitrogens with two attached hydrogens (primary N) is 1. The van der Waals surface area contributed by atoms with Crippen LogP contribution in [0.25, 0.3) is 10.9 Å². The molecule has 1 aromatic carbocycles. The van der Waals surface area contributed by atoms with Gasteiger partial charge >= 0.3 is 0 Å². The number of amides is 2. The summed E-state index contributed by atoms with van der Waals surface area (Å²) < 4.78 is 0. The second-order valence-corrected chi connectivity index (χ2v) is 9.38. The lowest BCUT2D eigenvalue weighted by Crippen LogP contribution is -2.63. The molecule has 3 aliphatic rings. The molecule has 3 N–H and O–H groups in total. The van der Waals surface area contributed by atoms with Crippen LogP contribution in [0.5, 0.6) is 0 Å². The first kappa shape index (κ1) is 20.9. The largest absolute Gasteiger partial charge is 0.368 e. The Morgan fingerprint density at radius 2 is 1.97 bits per heavy atom. The molecule has 1 atom stereocenters. The van der Waals surface area contributed by atoms with E-state index in [1.54, 1.807) is 0 Å². The molecule has 2 aromatic rings. The van der Waals surface area contributed by atoms with E-state index >= 15 is 0 Å². The maximum absolute atomic E-state index is 13.0. The van der Waals surface area contributed by atoms with Gasteiger partial charge in [0.1, 0.15) is 5.54 Å². The average molecular weight is 433 g/mol. The fourth-order valence-corrected chi connectivity index (χ4v) is 5.84. The van der Waals surface area contributed by atoms with Gasteiger partial charge < -0.3 is 20.5 Å². The fourth-order valence-electron chi connectivity index (χ4n) is 5.84. The maximum atomic E-state index is 13.0. The third kappa shape index (κ3) is 3.61. The molecule has 2 saturated heterocycles. The molecule has 2 aliphatic heterocycles. The minimum absolute atomic E-state index is 0.157. The molecule has 3 heterocycles. The Hall–Kier alpha value is -3.02. The van der Waals surface area contributed by atoms with Crippen molar-refractivity contribution in [3.05, 3.63) is 60.0 Å². The molecular weight excluding hydrogens is 400 g/mol. The van der Waals surface area contributed by atoms with Crippen molar-refractivity contribution < 1.29 is 9.59 Å². The van der Waals surface area contributed by atoms with Gasteiger partial charge in [-0.15, -0.1) is 0 Å². The van der Waals surface area contributed by atoms with Crippen molar-refractivity contribution in [2.75, 3.05) is 19.6 Å². The van der Waals surface area contributed by atoms with Crippen molar-refractivity contribution in [1.29, 1.82) is 0 Å². The molecule has 2 fully saturated rings. The molecule has 0 saturated carbocycles. The van der Waals surface area contributed by atoms with Crippen molar-refractivity contribution in [2.24, 2.45) is 11.7 Å². The summed E-state index contributed by atoms with van der Waals surface area (Å²) in [6.45, 7) is 2.04. The number of benzene rings is 1. The standard InChI is InChI=1S/C26H32N4O2/c27-25(32)26(30-15-5-7-19-6-1-4-10-23(19)30)13-16-29(17-14-26)24(31)12-11-20-18-28-22-9-3-2-8-21(20)22/h1-4,8-10,18-19,28H,5-7,11-17H2,(H2,27,32). The van der Waals surface area contributed by atoms with Crippen LogP contribution in [0, 0.1) is 5.92 Å². The fraction of sp³-hybridized carbons (Fsp3) is 0.462. The Labute approximate surface area is 189 Å². The van der Waals surface area contributed by atoms with E-state index < -0.39 is 5.54 Å². The Bertz CT molecular complexity index is 1070. The molecule has 2 amide bonds. The minimum Gasteiger partial charge on any atom is -0.368 e. The number of carbonyl (C=O) groups is 2. The lowest BCUT2D eigenvalue weighted by atomic mass is 9.79. The van der Waals surface area contributed by atoms with Crippen LogP contribution < -0.4 is 5.73 Å². The van der Waals surface area contributed by atoms with Crippen LogP contribution in [0.4, 0.5) is 0 Å². The van der Waals surface area contributed by atoms with Crippen LogP contribution in [0.3, 0.4) is 0 Å². The highest BCUT2D eigenvalue weighted by Crippen LogP contribution is 2.41. The molecular formula is C26H32N4O2. The number of piperidine rings is 2. The van der Waals surface area contributed by atoms with Gasteiger partial charge in [0, 0.05) is 54.8 Å². The number of aryl methyl sites for hydroxylation is 1. The van der Waals surface area contributed by atoms with Crippen LogP contribution in [0.1, 0.15) is 44.1 Å². The van der Waals surface area contributed by atoms with E-state index in [0.29, 0.717) is 44.7 Å². The van der Waals surface area contributed by atoms with Gasteiger partial charge in [0.25, 0.3) is 0 Å². The number of hydrogen-bond donors (Lipinski definition) is 2. The van der Waals surface area contributed by atoms with Gasteiger partial charge in [0.15, 0.2) is 0 Å². The van der Waals surface area contributed by atoms with Gasteiger partial charge in [-0.25, -0.2) is 0 Å². The van der Waals surface area contributed by atoms with Crippen LogP contribution in [-0.2, 0) is 16.0 Å². The summed E-state index contributed by atoms with van der Waals surface area (Å²) in [5, 5.41) is 1.18. The maximum Gasteiger partial charge on any atom is 0.243 e. The average Bonchev–Trinajstić information content (AvgIpc) is 3.25. The molecule has 0 spiro atoms. The normalized spacial score (nSPS) is 22.5. The molecule has 168 valence electrons. The Kier molecular flexibility index (Phi) is 5.53. The second kappa shape index (κ2) is 8.49. The van der Waals surface area contributed by atoms with E-state index in [9.17, 15) is 9.59 Å². The summed E-state index contributed by atoms with van der Waals surface area (Å²) in [6.07, 6.45) is 14.2. The Morgan fingerprint density at radius 3 is 2.78 bits per heavy atom. The van der Waals surface area contributed by atoms with Crippen molar-refractivity contribution in [2.45, 2.75) is 50.5 Å². The number of primary amides is 1. The number of fused-ring (bicyclic) bond motifs is 2. The van der Waals surface area contributed by atoms with E-state index in [2.05, 4.69) is 40.2 Å². The topological polar surface area (TPSA) is 82.4 Å². The predicted octanol–water partition coefficient (Wildman–Crippen LogP) is 3.50. The van der Waals surface area contributed by atoms with E-state index in [0.717, 1.165) is 24.9 Å². The first-order chi connectivity index (χ1) is 15.6. The highest BCUT2D eigenvalue weighted by Gasteiger charge is 2.48. The van der Waals surface area contributed by atoms with E-state index in [4.69, 9.17) is 5.73 Å². The monoisotopic (exact) mass is 432 g/mol. The molecule has 0 bridgehead atoms. The highest BCUT2D eigenvalue weighted by atomic mass is 16.2. The quantitative estimate of drug-likeness (QED) is 0.759. The number of aromatic nitrogens is 1. The number of likely N-dealkylation sites (tertiary alicyclic amines) is 2. The summed E-state index contributed by atoms with van der Waals surface area (Å²) in [7, 11) is 0. The van der Waals surface area contributed by atoms with Gasteiger partial charge in [-0.1, -0.05) is 30.4 Å². The van der Waals surface area contributed by atoms with E-state index in [-0.39, 0.29) is 11.8 Å². The van der Waals surface area contributed by atoms with Gasteiger partial charge in [-0.3, -0.25) is 9.59 Å². The van der Waals surface area contributed by atoms with Gasteiger partial charge in [-0.2, -0.15) is 0 Å². The van der Waals surface area contributed by atoms with Crippen LogP contribution in [0.2, 0.25) is 0 Å². The van der Waals surface area contributed by atoms with Crippen LogP contribution >= 0.6 is 0 Å². The predicted molar refractivity (Wildman–Crippen MR) is 126 cm³/mol. The molecule has 1 unspecified atom stereocenters. The third-order valence-corrected chi connectivity index (χ3v) is 7.69. The zero-order chi connectivity index (χ0) is 22.1. The van der Waals surface area contributed by atoms with Gasteiger partial charge in [0.05, 0.1) is 0 Å². The Balaban J connectivity index is 1.25. The molecule has 1 aliphatic carbocycles. The number of hydrogen-bond acceptors (Lipinski definition) is 3. The number of para-hydroxylation sites is 1. The third-order valence-electron chi connectivity index (χ3n) is 7.69. The van der Waals surface area contributed by atoms with Crippen molar-refractivity contribution in [3.63, 3.8) is 0 Å². The molecule has 32 heavy (non-hydrogen) atoms. The van der Waals surface area contributed by atoms with Crippen molar-refractivity contribution in [3.8, 4) is 0 Å². The van der Waals surface area contributed by atoms with Crippen molar-refractivity contribution in [1.82, 2.24) is 14.8 Å². The number of aromatic amines is 1. The zero-order valence-corrected chi connectivity index (χ0v) is 18.6. The van der Waals surface area contributed by atoms with Crippen molar-refractivity contribution >= 4 is 22.7 Å². The van der Waals surface area contributed by atoms with Crippen LogP contribution in [0.15, 0.2) is 54.4 Å². The van der Waals surface area contributed by atoms with E-state index in [1.807, 2.05) is 23.2 Å². The second-order valence-electron chi connectivity index (χ2n) is 9.38. The number of nitrogens with zero attached hydrogens (tertiary/aromatic N) is 2. The molecule has 5 rings (SSSR count). The van der Waals surface area contributed by atoms with Gasteiger partial charge in [-0.05, 0) is 56.2 Å². The zero-order valence-electron chi connectivity index (χ0n) is 18.6. The summed E-state index contributed by atoms with van der Waals surface area (Å²) in [4.78, 5) is 33.2. The number of nitrogens with one attached hydrogen (secondary N) is 1. The van der Waals surface area contributed by atoms with Crippen LogP contribution in [-0.4, -0.2) is 51.8 Å². The first-order valence-electron chi connectivity index (χ1n) is 11.9. The molecule has 6 heteroatoms. The summed E-state index contributed by atoms with van der Waals surface area (Å²) in [5.41, 5.74) is 8.88. The summed E-state index contributed by atoms with van der Waals surface area (Å²) >= 11 is 0. The first-order valence-corrected chi connectivity index (χ1v) is 11.9. The smallest absolute Gasteiger partial charge is 0.243 e. The molecule has 0 radical (unpaired) electrons. The molecule has 1 aromatic heterocycles. The number of allylic oxidation sites excluding steroid dienone is 4. The van der Waals surface area contributed by atoms with Gasteiger partial charge in [0.2, 0.25) is 11.8 Å².